The van der Waals surface area contributed by atoms with E-state index in [0.29, 0.717) is 5.75 Å². The van der Waals surface area contributed by atoms with Gasteiger partial charge in [0.25, 0.3) is 0 Å². The number of ether oxygens (including phenoxy) is 3. The molecule has 0 bridgehead atoms. The number of hydrogen-bond donors (Lipinski definition) is 2. The van der Waals surface area contributed by atoms with Crippen LogP contribution in [0.1, 0.15) is 25.3 Å². The maximum atomic E-state index is 9.10. The monoisotopic (exact) mass is 369 g/mol. The lowest BCUT2D eigenvalue weighted by atomic mass is 9.99. The Labute approximate surface area is 153 Å². The molecule has 1 saturated heterocycles. The third kappa shape index (κ3) is 6.44. The van der Waals surface area contributed by atoms with Crippen LogP contribution in [0, 0.1) is 5.92 Å². The maximum absolute atomic E-state index is 9.10. The van der Waals surface area contributed by atoms with Crippen LogP contribution in [0.25, 0.3) is 0 Å². The zero-order valence-electron chi connectivity index (χ0n) is 15.7. The SMILES string of the molecule is COc1cc(CN2CCC(C)CC2)cc(OC)c1OC.O=C(O)C(=O)O. The fourth-order valence-corrected chi connectivity index (χ4v) is 2.71. The number of carboxylic acids is 2. The molecule has 0 amide bonds. The largest absolute Gasteiger partial charge is 0.493 e. The van der Waals surface area contributed by atoms with Crippen molar-refractivity contribution in [2.75, 3.05) is 34.4 Å². The Hall–Kier alpha value is -2.48. The zero-order valence-corrected chi connectivity index (χ0v) is 15.7. The maximum Gasteiger partial charge on any atom is 0.414 e. The van der Waals surface area contributed by atoms with Crippen LogP contribution in [-0.2, 0) is 16.1 Å². The van der Waals surface area contributed by atoms with E-state index in [-0.39, 0.29) is 0 Å². The molecule has 0 unspecified atom stereocenters. The number of rotatable bonds is 5. The number of benzene rings is 1. The first-order chi connectivity index (χ1) is 12.3. The van der Waals surface area contributed by atoms with Gasteiger partial charge < -0.3 is 24.4 Å². The van der Waals surface area contributed by atoms with E-state index in [4.69, 9.17) is 34.0 Å². The second kappa shape index (κ2) is 10.5. The first kappa shape index (κ1) is 21.6. The van der Waals surface area contributed by atoms with Gasteiger partial charge >= 0.3 is 11.9 Å². The smallest absolute Gasteiger partial charge is 0.414 e. The van der Waals surface area contributed by atoms with Gasteiger partial charge in [-0.25, -0.2) is 9.59 Å². The van der Waals surface area contributed by atoms with E-state index in [9.17, 15) is 0 Å². The van der Waals surface area contributed by atoms with Crippen LogP contribution in [0.15, 0.2) is 12.1 Å². The molecule has 2 rings (SSSR count). The van der Waals surface area contributed by atoms with E-state index in [0.717, 1.165) is 37.1 Å². The van der Waals surface area contributed by atoms with E-state index >= 15 is 0 Å². The summed E-state index contributed by atoms with van der Waals surface area (Å²) in [6, 6.07) is 4.08. The number of methoxy groups -OCH3 is 3. The molecular formula is C18H27NO7. The topological polar surface area (TPSA) is 106 Å². The minimum Gasteiger partial charge on any atom is -0.493 e. The zero-order chi connectivity index (χ0) is 19.7. The molecule has 0 saturated carbocycles. The molecule has 8 nitrogen and oxygen atoms in total. The van der Waals surface area contributed by atoms with Crippen LogP contribution >= 0.6 is 0 Å². The summed E-state index contributed by atoms with van der Waals surface area (Å²) < 4.78 is 16.2. The Morgan fingerprint density at radius 2 is 1.46 bits per heavy atom. The summed E-state index contributed by atoms with van der Waals surface area (Å²) in [4.78, 5) is 20.7. The molecule has 1 fully saturated rings. The fourth-order valence-electron chi connectivity index (χ4n) is 2.71. The Balaban J connectivity index is 0.000000487. The lowest BCUT2D eigenvalue weighted by Gasteiger charge is -2.30. The summed E-state index contributed by atoms with van der Waals surface area (Å²) in [6.45, 7) is 5.59. The summed E-state index contributed by atoms with van der Waals surface area (Å²) in [5, 5.41) is 14.8. The molecule has 1 aliphatic rings. The minimum absolute atomic E-state index is 0.658. The molecule has 0 aliphatic carbocycles. The molecule has 1 heterocycles. The van der Waals surface area contributed by atoms with E-state index in [2.05, 4.69) is 11.8 Å². The second-order valence-corrected chi connectivity index (χ2v) is 6.10. The summed E-state index contributed by atoms with van der Waals surface area (Å²) in [7, 11) is 4.94. The van der Waals surface area contributed by atoms with Gasteiger partial charge in [0.05, 0.1) is 21.3 Å². The van der Waals surface area contributed by atoms with Crippen LogP contribution in [0.2, 0.25) is 0 Å². The highest BCUT2D eigenvalue weighted by Crippen LogP contribution is 2.38. The molecule has 146 valence electrons. The van der Waals surface area contributed by atoms with Crippen molar-refractivity contribution in [2.24, 2.45) is 5.92 Å². The van der Waals surface area contributed by atoms with Crippen LogP contribution in [0.5, 0.6) is 17.2 Å². The average Bonchev–Trinajstić information content (AvgIpc) is 2.63. The quantitative estimate of drug-likeness (QED) is 0.760. The molecule has 0 spiro atoms. The third-order valence-corrected chi connectivity index (χ3v) is 4.19. The predicted molar refractivity (Wildman–Crippen MR) is 95.0 cm³/mol. The van der Waals surface area contributed by atoms with Crippen molar-refractivity contribution in [1.82, 2.24) is 4.90 Å². The van der Waals surface area contributed by atoms with Crippen molar-refractivity contribution in [3.8, 4) is 17.2 Å². The summed E-state index contributed by atoms with van der Waals surface area (Å²) >= 11 is 0. The number of aliphatic carboxylic acids is 2. The van der Waals surface area contributed by atoms with Crippen molar-refractivity contribution in [1.29, 1.82) is 0 Å². The summed E-state index contributed by atoms with van der Waals surface area (Å²) in [5.74, 6) is -0.679. The van der Waals surface area contributed by atoms with Crippen molar-refractivity contribution in [3.63, 3.8) is 0 Å². The van der Waals surface area contributed by atoms with Crippen molar-refractivity contribution in [2.45, 2.75) is 26.3 Å². The van der Waals surface area contributed by atoms with E-state index in [1.54, 1.807) is 21.3 Å². The van der Waals surface area contributed by atoms with Gasteiger partial charge in [-0.1, -0.05) is 6.92 Å². The first-order valence-corrected chi connectivity index (χ1v) is 8.29. The van der Waals surface area contributed by atoms with Gasteiger partial charge in [0, 0.05) is 6.54 Å². The Morgan fingerprint density at radius 3 is 1.81 bits per heavy atom. The second-order valence-electron chi connectivity index (χ2n) is 6.10. The van der Waals surface area contributed by atoms with Crippen molar-refractivity contribution in [3.05, 3.63) is 17.7 Å². The van der Waals surface area contributed by atoms with E-state index in [1.807, 2.05) is 12.1 Å². The number of carbonyl (C=O) groups is 2. The number of nitrogens with zero attached hydrogens (tertiary/aromatic N) is 1. The van der Waals surface area contributed by atoms with Gasteiger partial charge in [-0.3, -0.25) is 4.90 Å². The molecule has 1 aromatic rings. The number of piperidine rings is 1. The highest BCUT2D eigenvalue weighted by Gasteiger charge is 2.18. The Bertz CT molecular complexity index is 573. The third-order valence-electron chi connectivity index (χ3n) is 4.19. The lowest BCUT2D eigenvalue weighted by molar-refractivity contribution is -0.159. The lowest BCUT2D eigenvalue weighted by Crippen LogP contribution is -2.32. The van der Waals surface area contributed by atoms with Gasteiger partial charge in [-0.2, -0.15) is 0 Å². The summed E-state index contributed by atoms with van der Waals surface area (Å²) in [6.07, 6.45) is 2.56. The predicted octanol–water partition coefficient (Wildman–Crippen LogP) is 2.10. The van der Waals surface area contributed by atoms with E-state index < -0.39 is 11.9 Å². The average molecular weight is 369 g/mol. The molecule has 0 radical (unpaired) electrons. The van der Waals surface area contributed by atoms with Gasteiger partial charge in [-0.15, -0.1) is 0 Å². The Kier molecular flexibility index (Phi) is 8.71. The molecule has 26 heavy (non-hydrogen) atoms. The molecule has 0 aromatic heterocycles. The standard InChI is InChI=1S/C16H25NO3.C2H2O4/c1-12-5-7-17(8-6-12)11-13-9-14(18-2)16(20-4)15(10-13)19-3;3-1(4)2(5)6/h9-10,12H,5-8,11H2,1-4H3;(H,3,4)(H,5,6). The van der Waals surface area contributed by atoms with Crippen LogP contribution in [0.3, 0.4) is 0 Å². The minimum atomic E-state index is -1.82. The molecular weight excluding hydrogens is 342 g/mol. The van der Waals surface area contributed by atoms with Crippen LogP contribution in [0.4, 0.5) is 0 Å². The molecule has 1 aliphatic heterocycles. The number of likely N-dealkylation sites (tertiary alicyclic amines) is 1. The highest BCUT2D eigenvalue weighted by molar-refractivity contribution is 6.27. The van der Waals surface area contributed by atoms with Gasteiger partial charge in [-0.05, 0) is 49.5 Å². The molecule has 1 aromatic carbocycles. The van der Waals surface area contributed by atoms with Gasteiger partial charge in [0.2, 0.25) is 5.75 Å². The molecule has 0 atom stereocenters. The highest BCUT2D eigenvalue weighted by atomic mass is 16.5. The van der Waals surface area contributed by atoms with Crippen LogP contribution in [-0.4, -0.2) is 61.5 Å². The van der Waals surface area contributed by atoms with E-state index in [1.165, 1.54) is 18.4 Å². The Morgan fingerprint density at radius 1 is 1.00 bits per heavy atom. The van der Waals surface area contributed by atoms with Gasteiger partial charge in [0.15, 0.2) is 11.5 Å². The van der Waals surface area contributed by atoms with Gasteiger partial charge in [0.1, 0.15) is 0 Å². The van der Waals surface area contributed by atoms with Crippen LogP contribution < -0.4 is 14.2 Å². The number of hydrogen-bond acceptors (Lipinski definition) is 6. The van der Waals surface area contributed by atoms with Crippen molar-refractivity contribution >= 4 is 11.9 Å². The number of carboxylic acid groups (broad SMARTS) is 2. The summed E-state index contributed by atoms with van der Waals surface area (Å²) in [5.41, 5.74) is 1.20. The fraction of sp³-hybridized carbons (Fsp3) is 0.556. The molecule has 8 heteroatoms. The molecule has 2 N–H and O–H groups in total. The first-order valence-electron chi connectivity index (χ1n) is 8.29. The van der Waals surface area contributed by atoms with Crippen molar-refractivity contribution < 1.29 is 34.0 Å². The normalized spacial score (nSPS) is 14.8.